The van der Waals surface area contributed by atoms with Gasteiger partial charge >= 0.3 is 6.18 Å². The van der Waals surface area contributed by atoms with Gasteiger partial charge in [-0.2, -0.15) is 23.4 Å². The van der Waals surface area contributed by atoms with Gasteiger partial charge in [0.25, 0.3) is 0 Å². The predicted octanol–water partition coefficient (Wildman–Crippen LogP) is 5.26. The lowest BCUT2D eigenvalue weighted by Gasteiger charge is -2.10. The molecule has 0 saturated carbocycles. The minimum absolute atomic E-state index is 0.0425. The van der Waals surface area contributed by atoms with Crippen LogP contribution in [0.15, 0.2) is 84.2 Å². The number of aromatic nitrogens is 5. The summed E-state index contributed by atoms with van der Waals surface area (Å²) in [6.07, 6.45) is 2.29. The molecule has 182 valence electrons. The number of alkyl halides is 3. The highest BCUT2D eigenvalue weighted by atomic mass is 19.4. The molecule has 0 spiro atoms. The molecule has 0 amide bonds. The summed E-state index contributed by atoms with van der Waals surface area (Å²) in [5.41, 5.74) is 2.00. The second kappa shape index (κ2) is 9.29. The summed E-state index contributed by atoms with van der Waals surface area (Å²) in [6.45, 7) is 2.65. The van der Waals surface area contributed by atoms with Gasteiger partial charge in [-0.25, -0.2) is 4.68 Å². The maximum atomic E-state index is 12.9. The van der Waals surface area contributed by atoms with Crippen molar-refractivity contribution in [2.24, 2.45) is 0 Å². The number of rotatable bonds is 6. The van der Waals surface area contributed by atoms with Crippen LogP contribution in [0.2, 0.25) is 0 Å². The number of aryl methyl sites for hydroxylation is 1. The normalized spacial score (nSPS) is 11.7. The van der Waals surface area contributed by atoms with E-state index >= 15 is 0 Å². The molecular formula is C26H20F3N5O2. The van der Waals surface area contributed by atoms with E-state index in [-0.39, 0.29) is 17.7 Å². The van der Waals surface area contributed by atoms with Crippen LogP contribution in [0.3, 0.4) is 0 Å². The van der Waals surface area contributed by atoms with Crippen LogP contribution < -0.4 is 10.2 Å². The maximum absolute atomic E-state index is 12.9. The lowest BCUT2D eigenvalue weighted by Crippen LogP contribution is -2.17. The first kappa shape index (κ1) is 23.3. The quantitative estimate of drug-likeness (QED) is 0.324. The SMILES string of the molecule is CCn1cc(-n2ccc(=O)c(COc3ccc4ncc(-c5ccc(C(F)(F)F)cc5)cc4c3)n2)cn1. The summed E-state index contributed by atoms with van der Waals surface area (Å²) in [6, 6.07) is 13.5. The van der Waals surface area contributed by atoms with E-state index in [2.05, 4.69) is 15.2 Å². The van der Waals surface area contributed by atoms with Gasteiger partial charge in [0, 0.05) is 36.0 Å². The maximum Gasteiger partial charge on any atom is 0.416 e. The van der Waals surface area contributed by atoms with E-state index in [1.54, 1.807) is 46.2 Å². The van der Waals surface area contributed by atoms with E-state index in [0.29, 0.717) is 28.9 Å². The van der Waals surface area contributed by atoms with Crippen molar-refractivity contribution in [2.75, 3.05) is 0 Å². The Morgan fingerprint density at radius 2 is 1.78 bits per heavy atom. The van der Waals surface area contributed by atoms with Gasteiger partial charge in [0.15, 0.2) is 0 Å². The summed E-state index contributed by atoms with van der Waals surface area (Å²) in [4.78, 5) is 16.7. The topological polar surface area (TPSA) is 74.8 Å². The largest absolute Gasteiger partial charge is 0.487 e. The molecule has 36 heavy (non-hydrogen) atoms. The van der Waals surface area contributed by atoms with Crippen molar-refractivity contribution in [3.05, 3.63) is 101 Å². The van der Waals surface area contributed by atoms with Crippen LogP contribution in [0.25, 0.3) is 27.7 Å². The molecule has 2 aromatic carbocycles. The summed E-state index contributed by atoms with van der Waals surface area (Å²) < 4.78 is 47.8. The van der Waals surface area contributed by atoms with Crippen molar-refractivity contribution >= 4 is 10.9 Å². The second-order valence-corrected chi connectivity index (χ2v) is 8.07. The van der Waals surface area contributed by atoms with Crippen LogP contribution in [-0.2, 0) is 19.3 Å². The number of fused-ring (bicyclic) bond motifs is 1. The first-order valence-corrected chi connectivity index (χ1v) is 11.1. The zero-order valence-corrected chi connectivity index (χ0v) is 19.1. The fourth-order valence-corrected chi connectivity index (χ4v) is 3.70. The third-order valence-electron chi connectivity index (χ3n) is 5.66. The van der Waals surface area contributed by atoms with Crippen LogP contribution in [0.4, 0.5) is 13.2 Å². The summed E-state index contributed by atoms with van der Waals surface area (Å²) in [5.74, 6) is 0.504. The number of nitrogens with zero attached hydrogens (tertiary/aromatic N) is 5. The van der Waals surface area contributed by atoms with Crippen molar-refractivity contribution < 1.29 is 17.9 Å². The van der Waals surface area contributed by atoms with Crippen LogP contribution in [0.5, 0.6) is 5.75 Å². The zero-order chi connectivity index (χ0) is 25.3. The minimum atomic E-state index is -4.39. The average molecular weight is 491 g/mol. The van der Waals surface area contributed by atoms with Gasteiger partial charge in [0.05, 0.1) is 23.5 Å². The van der Waals surface area contributed by atoms with Crippen molar-refractivity contribution in [1.29, 1.82) is 0 Å². The van der Waals surface area contributed by atoms with Gasteiger partial charge in [-0.15, -0.1) is 0 Å². The highest BCUT2D eigenvalue weighted by molar-refractivity contribution is 5.84. The van der Waals surface area contributed by atoms with E-state index in [0.717, 1.165) is 23.2 Å². The van der Waals surface area contributed by atoms with Crippen LogP contribution in [0, 0.1) is 0 Å². The smallest absolute Gasteiger partial charge is 0.416 e. The van der Waals surface area contributed by atoms with E-state index in [1.165, 1.54) is 18.2 Å². The van der Waals surface area contributed by atoms with Gasteiger partial charge < -0.3 is 4.74 Å². The molecule has 3 aromatic heterocycles. The summed E-state index contributed by atoms with van der Waals surface area (Å²) in [5, 5.41) is 9.34. The molecule has 0 atom stereocenters. The van der Waals surface area contributed by atoms with E-state index in [4.69, 9.17) is 4.74 Å². The standard InChI is InChI=1S/C26H20F3N5O2/c1-2-33-15-21(14-31-33)34-10-9-25(35)24(32-34)16-36-22-7-8-23-18(12-22)11-19(13-30-23)17-3-5-20(6-4-17)26(27,28)29/h3-15H,2,16H2,1H3. The molecule has 5 rings (SSSR count). The zero-order valence-electron chi connectivity index (χ0n) is 19.1. The van der Waals surface area contributed by atoms with E-state index < -0.39 is 11.7 Å². The van der Waals surface area contributed by atoms with Crippen LogP contribution in [-0.4, -0.2) is 24.5 Å². The molecule has 7 nitrogen and oxygen atoms in total. The van der Waals surface area contributed by atoms with Crippen molar-refractivity contribution in [3.8, 4) is 22.6 Å². The predicted molar refractivity (Wildman–Crippen MR) is 128 cm³/mol. The number of benzene rings is 2. The first-order chi connectivity index (χ1) is 17.3. The Balaban J connectivity index is 1.37. The van der Waals surface area contributed by atoms with Crippen molar-refractivity contribution in [2.45, 2.75) is 26.3 Å². The van der Waals surface area contributed by atoms with Crippen LogP contribution in [0.1, 0.15) is 18.2 Å². The summed E-state index contributed by atoms with van der Waals surface area (Å²) in [7, 11) is 0. The molecule has 0 fully saturated rings. The van der Waals surface area contributed by atoms with Crippen molar-refractivity contribution in [3.63, 3.8) is 0 Å². The second-order valence-electron chi connectivity index (χ2n) is 8.07. The Morgan fingerprint density at radius 1 is 0.972 bits per heavy atom. The lowest BCUT2D eigenvalue weighted by molar-refractivity contribution is -0.137. The average Bonchev–Trinajstić information content (AvgIpc) is 3.37. The van der Waals surface area contributed by atoms with Crippen LogP contribution >= 0.6 is 0 Å². The fourth-order valence-electron chi connectivity index (χ4n) is 3.70. The van der Waals surface area contributed by atoms with Gasteiger partial charge in [-0.1, -0.05) is 12.1 Å². The fraction of sp³-hybridized carbons (Fsp3) is 0.154. The molecule has 10 heteroatoms. The molecule has 0 radical (unpaired) electrons. The molecule has 0 aliphatic rings. The number of hydrogen-bond donors (Lipinski definition) is 0. The molecule has 0 unspecified atom stereocenters. The third-order valence-corrected chi connectivity index (χ3v) is 5.66. The molecular weight excluding hydrogens is 471 g/mol. The molecule has 0 aliphatic carbocycles. The van der Waals surface area contributed by atoms with Gasteiger partial charge in [0.1, 0.15) is 23.7 Å². The van der Waals surface area contributed by atoms with Gasteiger partial charge in [-0.05, 0) is 48.9 Å². The number of pyridine rings is 1. The molecule has 0 aliphatic heterocycles. The molecule has 5 aromatic rings. The first-order valence-electron chi connectivity index (χ1n) is 11.1. The van der Waals surface area contributed by atoms with Crippen molar-refractivity contribution in [1.82, 2.24) is 24.5 Å². The Morgan fingerprint density at radius 3 is 2.50 bits per heavy atom. The Kier molecular flexibility index (Phi) is 6.01. The van der Waals surface area contributed by atoms with Gasteiger partial charge in [0.2, 0.25) is 5.43 Å². The molecule has 0 N–H and O–H groups in total. The molecule has 3 heterocycles. The number of ether oxygens (including phenoxy) is 1. The molecule has 0 saturated heterocycles. The van der Waals surface area contributed by atoms with E-state index in [1.807, 2.05) is 19.2 Å². The monoisotopic (exact) mass is 491 g/mol. The third kappa shape index (κ3) is 4.83. The Labute approximate surface area is 203 Å². The molecule has 0 bridgehead atoms. The highest BCUT2D eigenvalue weighted by Gasteiger charge is 2.30. The Bertz CT molecular complexity index is 1590. The Hall–Kier alpha value is -4.47. The summed E-state index contributed by atoms with van der Waals surface area (Å²) >= 11 is 0. The number of hydrogen-bond acceptors (Lipinski definition) is 5. The number of halogens is 3. The minimum Gasteiger partial charge on any atom is -0.487 e. The highest BCUT2D eigenvalue weighted by Crippen LogP contribution is 2.31. The lowest BCUT2D eigenvalue weighted by atomic mass is 10.0. The van der Waals surface area contributed by atoms with Gasteiger partial charge in [-0.3, -0.25) is 14.5 Å². The van der Waals surface area contributed by atoms with E-state index in [9.17, 15) is 18.0 Å².